The van der Waals surface area contributed by atoms with Gasteiger partial charge in [0.15, 0.2) is 11.5 Å². The Labute approximate surface area is 105 Å². The van der Waals surface area contributed by atoms with Crippen LogP contribution in [0.15, 0.2) is 24.4 Å². The predicted octanol–water partition coefficient (Wildman–Crippen LogP) is 2.34. The molecule has 0 heterocycles. The normalized spacial score (nSPS) is 10.0. The minimum Gasteiger partial charge on any atom is -0.490 e. The molecule has 0 radical (unpaired) electrons. The van der Waals surface area contributed by atoms with Crippen molar-refractivity contribution in [1.82, 2.24) is 0 Å². The van der Waals surface area contributed by atoms with Crippen LogP contribution in [-0.4, -0.2) is 18.1 Å². The van der Waals surface area contributed by atoms with Crippen molar-refractivity contribution in [3.05, 3.63) is 40.1 Å². The van der Waals surface area contributed by atoms with Gasteiger partial charge in [-0.25, -0.2) is 0 Å². The summed E-state index contributed by atoms with van der Waals surface area (Å²) in [5.41, 5.74) is 0.656. The molecule has 5 nitrogen and oxygen atoms in total. The molecule has 0 aromatic heterocycles. The van der Waals surface area contributed by atoms with Crippen LogP contribution in [0.4, 0.5) is 0 Å². The van der Waals surface area contributed by atoms with Crippen LogP contribution >= 0.6 is 0 Å². The maximum absolute atomic E-state index is 10.2. The fourth-order valence-corrected chi connectivity index (χ4v) is 1.28. The number of nitrogens with zero attached hydrogens (tertiary/aromatic N) is 1. The van der Waals surface area contributed by atoms with Crippen molar-refractivity contribution in [1.29, 1.82) is 0 Å². The molecule has 0 aliphatic rings. The largest absolute Gasteiger partial charge is 0.490 e. The number of terminal acetylenes is 1. The van der Waals surface area contributed by atoms with Gasteiger partial charge in [0.2, 0.25) is 6.20 Å². The van der Waals surface area contributed by atoms with Crippen LogP contribution < -0.4 is 9.47 Å². The molecule has 94 valence electrons. The van der Waals surface area contributed by atoms with Crippen molar-refractivity contribution in [2.24, 2.45) is 0 Å². The van der Waals surface area contributed by atoms with Crippen molar-refractivity contribution in [2.75, 3.05) is 13.2 Å². The monoisotopic (exact) mass is 247 g/mol. The van der Waals surface area contributed by atoms with E-state index in [4.69, 9.17) is 15.9 Å². The Hall–Kier alpha value is -2.48. The van der Waals surface area contributed by atoms with Crippen LogP contribution in [0.3, 0.4) is 0 Å². The van der Waals surface area contributed by atoms with Gasteiger partial charge in [0, 0.05) is 6.08 Å². The molecule has 0 atom stereocenters. The van der Waals surface area contributed by atoms with Crippen molar-refractivity contribution in [3.63, 3.8) is 0 Å². The third-order valence-electron chi connectivity index (χ3n) is 1.97. The smallest absolute Gasteiger partial charge is 0.235 e. The maximum atomic E-state index is 10.2. The molecule has 0 fully saturated rings. The van der Waals surface area contributed by atoms with E-state index < -0.39 is 4.92 Å². The highest BCUT2D eigenvalue weighted by Crippen LogP contribution is 2.28. The molecule has 0 bridgehead atoms. The minimum atomic E-state index is -0.525. The number of hydrogen-bond donors (Lipinski definition) is 0. The third kappa shape index (κ3) is 4.18. The Kier molecular flexibility index (Phi) is 5.26. The second kappa shape index (κ2) is 6.97. The van der Waals surface area contributed by atoms with Crippen LogP contribution in [-0.2, 0) is 0 Å². The summed E-state index contributed by atoms with van der Waals surface area (Å²) < 4.78 is 10.7. The molecule has 1 rings (SSSR count). The van der Waals surface area contributed by atoms with Gasteiger partial charge in [-0.2, -0.15) is 0 Å². The first-order valence-electron chi connectivity index (χ1n) is 5.32. The van der Waals surface area contributed by atoms with Gasteiger partial charge in [-0.05, 0) is 24.6 Å². The van der Waals surface area contributed by atoms with E-state index in [9.17, 15) is 10.1 Å². The van der Waals surface area contributed by atoms with Gasteiger partial charge in [0.1, 0.15) is 6.61 Å². The first kappa shape index (κ1) is 13.6. The Balaban J connectivity index is 2.95. The highest BCUT2D eigenvalue weighted by molar-refractivity contribution is 5.55. The molecule has 18 heavy (non-hydrogen) atoms. The van der Waals surface area contributed by atoms with E-state index >= 15 is 0 Å². The zero-order valence-corrected chi connectivity index (χ0v) is 9.96. The molecule has 0 unspecified atom stereocenters. The van der Waals surface area contributed by atoms with E-state index in [1.165, 1.54) is 6.08 Å². The van der Waals surface area contributed by atoms with E-state index in [0.717, 1.165) is 6.20 Å². The summed E-state index contributed by atoms with van der Waals surface area (Å²) in [4.78, 5) is 9.71. The summed E-state index contributed by atoms with van der Waals surface area (Å²) in [5.74, 6) is 3.39. The fraction of sp³-hybridized carbons (Fsp3) is 0.231. The van der Waals surface area contributed by atoms with Gasteiger partial charge in [-0.3, -0.25) is 10.1 Å². The average molecular weight is 247 g/mol. The molecule has 1 aromatic carbocycles. The summed E-state index contributed by atoms with van der Waals surface area (Å²) in [7, 11) is 0. The highest BCUT2D eigenvalue weighted by Gasteiger charge is 2.05. The zero-order chi connectivity index (χ0) is 13.4. The molecule has 5 heteroatoms. The van der Waals surface area contributed by atoms with Gasteiger partial charge >= 0.3 is 0 Å². The first-order valence-corrected chi connectivity index (χ1v) is 5.32. The van der Waals surface area contributed by atoms with Crippen LogP contribution in [0, 0.1) is 22.5 Å². The minimum absolute atomic E-state index is 0.143. The van der Waals surface area contributed by atoms with Crippen LogP contribution in [0.5, 0.6) is 11.5 Å². The molecule has 0 aliphatic heterocycles. The molecule has 0 saturated heterocycles. The number of nitro groups is 1. The molecule has 0 aliphatic carbocycles. The Morgan fingerprint density at radius 2 is 2.22 bits per heavy atom. The standard InChI is InChI=1S/C13H13NO4/c1-3-9-18-12-6-5-11(7-8-14(15)16)10-13(12)17-4-2/h1,5-8,10H,4,9H2,2H3/b8-7+. The van der Waals surface area contributed by atoms with Crippen molar-refractivity contribution < 1.29 is 14.4 Å². The molecular formula is C13H13NO4. The second-order valence-electron chi connectivity index (χ2n) is 3.23. The van der Waals surface area contributed by atoms with Crippen molar-refractivity contribution in [3.8, 4) is 23.8 Å². The SMILES string of the molecule is C#CCOc1ccc(/C=C/[N+](=O)[O-])cc1OCC. The molecule has 0 saturated carbocycles. The van der Waals surface area contributed by atoms with E-state index in [2.05, 4.69) is 5.92 Å². The van der Waals surface area contributed by atoms with Crippen molar-refractivity contribution >= 4 is 6.08 Å². The average Bonchev–Trinajstić information content (AvgIpc) is 2.35. The number of hydrogen-bond acceptors (Lipinski definition) is 4. The van der Waals surface area contributed by atoms with Gasteiger partial charge < -0.3 is 9.47 Å². The number of rotatable bonds is 6. The van der Waals surface area contributed by atoms with Gasteiger partial charge in [-0.1, -0.05) is 12.0 Å². The quantitative estimate of drug-likeness (QED) is 0.440. The van der Waals surface area contributed by atoms with Crippen LogP contribution in [0.25, 0.3) is 6.08 Å². The summed E-state index contributed by atoms with van der Waals surface area (Å²) in [6, 6.07) is 5.02. The molecular weight excluding hydrogens is 234 g/mol. The van der Waals surface area contributed by atoms with Gasteiger partial charge in [-0.15, -0.1) is 6.42 Å². The third-order valence-corrected chi connectivity index (χ3v) is 1.97. The zero-order valence-electron chi connectivity index (χ0n) is 9.96. The molecule has 0 amide bonds. The lowest BCUT2D eigenvalue weighted by Gasteiger charge is -2.10. The molecule has 0 N–H and O–H groups in total. The van der Waals surface area contributed by atoms with E-state index in [0.29, 0.717) is 23.7 Å². The Morgan fingerprint density at radius 1 is 1.44 bits per heavy atom. The second-order valence-corrected chi connectivity index (χ2v) is 3.23. The summed E-state index contributed by atoms with van der Waals surface area (Å²) in [5, 5.41) is 10.2. The number of benzene rings is 1. The van der Waals surface area contributed by atoms with Crippen LogP contribution in [0.2, 0.25) is 0 Å². The molecule has 1 aromatic rings. The van der Waals surface area contributed by atoms with Gasteiger partial charge in [0.05, 0.1) is 11.5 Å². The summed E-state index contributed by atoms with van der Waals surface area (Å²) in [6.07, 6.45) is 7.36. The van der Waals surface area contributed by atoms with Crippen LogP contribution in [0.1, 0.15) is 12.5 Å². The Bertz CT molecular complexity index is 488. The van der Waals surface area contributed by atoms with Crippen molar-refractivity contribution in [2.45, 2.75) is 6.92 Å². The lowest BCUT2D eigenvalue weighted by Crippen LogP contribution is -1.99. The summed E-state index contributed by atoms with van der Waals surface area (Å²) in [6.45, 7) is 2.45. The Morgan fingerprint density at radius 3 is 2.83 bits per heavy atom. The topological polar surface area (TPSA) is 61.6 Å². The lowest BCUT2D eigenvalue weighted by atomic mass is 10.2. The fourth-order valence-electron chi connectivity index (χ4n) is 1.28. The maximum Gasteiger partial charge on any atom is 0.235 e. The lowest BCUT2D eigenvalue weighted by molar-refractivity contribution is -0.400. The van der Waals surface area contributed by atoms with E-state index in [-0.39, 0.29) is 6.61 Å². The number of ether oxygens (including phenoxy) is 2. The first-order chi connectivity index (χ1) is 8.67. The van der Waals surface area contributed by atoms with E-state index in [1.54, 1.807) is 18.2 Å². The van der Waals surface area contributed by atoms with E-state index in [1.807, 2.05) is 6.92 Å². The summed E-state index contributed by atoms with van der Waals surface area (Å²) >= 11 is 0. The van der Waals surface area contributed by atoms with Gasteiger partial charge in [0.25, 0.3) is 0 Å². The highest BCUT2D eigenvalue weighted by atomic mass is 16.6. The predicted molar refractivity (Wildman–Crippen MR) is 68.0 cm³/mol. The molecule has 0 spiro atoms.